The van der Waals surface area contributed by atoms with Crippen LogP contribution in [-0.4, -0.2) is 104 Å². The molecule has 0 aliphatic carbocycles. The van der Waals surface area contributed by atoms with E-state index in [-0.39, 0.29) is 12.8 Å². The van der Waals surface area contributed by atoms with Gasteiger partial charge >= 0.3 is 0 Å². The summed E-state index contributed by atoms with van der Waals surface area (Å²) in [7, 11) is -7.83. The van der Waals surface area contributed by atoms with E-state index in [1.807, 2.05) is 0 Å². The summed E-state index contributed by atoms with van der Waals surface area (Å²) < 4.78 is 50.5. The van der Waals surface area contributed by atoms with Gasteiger partial charge in [0.05, 0.1) is 35.2 Å². The molecule has 0 fully saturated rings. The van der Waals surface area contributed by atoms with Crippen LogP contribution in [0.5, 0.6) is 0 Å². The second-order valence-corrected chi connectivity index (χ2v) is 15.1. The Balaban J connectivity index is 4.95. The van der Waals surface area contributed by atoms with E-state index in [1.54, 1.807) is 27.7 Å². The predicted octanol–water partition coefficient (Wildman–Crippen LogP) is 0.816. The molecule has 0 saturated heterocycles. The van der Waals surface area contributed by atoms with Crippen molar-refractivity contribution in [3.8, 4) is 0 Å². The van der Waals surface area contributed by atoms with Crippen LogP contribution in [0.25, 0.3) is 0 Å². The molecule has 10 nitrogen and oxygen atoms in total. The lowest BCUT2D eigenvalue weighted by Crippen LogP contribution is -2.49. The lowest BCUT2D eigenvalue weighted by atomic mass is 10.0. The average Bonchev–Trinajstić information content (AvgIpc) is 2.63. The summed E-state index contributed by atoms with van der Waals surface area (Å²) in [5.74, 6) is -2.72. The molecule has 0 bridgehead atoms. The van der Waals surface area contributed by atoms with E-state index in [0.717, 1.165) is 7.88 Å². The lowest BCUT2D eigenvalue weighted by Gasteiger charge is -2.29. The number of halogens is 4. The number of aliphatic hydroxyl groups is 4. The maximum absolute atomic E-state index is 12.2. The Labute approximate surface area is 210 Å². The van der Waals surface area contributed by atoms with Crippen LogP contribution in [0.15, 0.2) is 0 Å². The molecule has 0 spiro atoms. The highest BCUT2D eigenvalue weighted by molar-refractivity contribution is 7.91. The highest BCUT2D eigenvalue weighted by Crippen LogP contribution is 2.25. The Bertz CT molecular complexity index is 728. The summed E-state index contributed by atoms with van der Waals surface area (Å²) in [6.07, 6.45) is -8.16. The van der Waals surface area contributed by atoms with Gasteiger partial charge < -0.3 is 20.4 Å². The minimum Gasteiger partial charge on any atom is -0.389 e. The fourth-order valence-electron chi connectivity index (χ4n) is 2.32. The molecule has 0 amide bonds. The molecule has 4 N–H and O–H groups in total. The quantitative estimate of drug-likeness (QED) is 0.203. The number of sulfone groups is 2. The van der Waals surface area contributed by atoms with Crippen LogP contribution >= 0.6 is 47.1 Å². The fraction of sp³-hybridized carbons (Fsp3) is 1.00. The topological polar surface area (TPSA) is 156 Å². The van der Waals surface area contributed by atoms with Crippen LogP contribution in [0.2, 0.25) is 0 Å². The molecule has 16 heteroatoms. The number of aliphatic hydroxyl groups excluding tert-OH is 4. The van der Waals surface area contributed by atoms with E-state index >= 15 is 0 Å². The molecule has 0 saturated carbocycles. The molecule has 32 heavy (non-hydrogen) atoms. The first-order chi connectivity index (χ1) is 14.1. The molecule has 0 aliphatic heterocycles. The molecule has 0 radical (unpaired) electrons. The van der Waals surface area contributed by atoms with Gasteiger partial charge in [-0.15, -0.1) is 7.88 Å². The fourth-order valence-corrected chi connectivity index (χ4v) is 6.05. The first kappa shape index (κ1) is 32.8. The van der Waals surface area contributed by atoms with Crippen LogP contribution in [0.4, 0.5) is 0 Å². The largest absolute Gasteiger partial charge is 0.389 e. The number of hydrogen-bond acceptors (Lipinski definition) is 10. The van der Waals surface area contributed by atoms with Crippen molar-refractivity contribution in [1.29, 1.82) is 0 Å². The van der Waals surface area contributed by atoms with Crippen molar-refractivity contribution in [3.63, 3.8) is 0 Å². The van der Waals surface area contributed by atoms with E-state index in [2.05, 4.69) is 0 Å². The van der Waals surface area contributed by atoms with Gasteiger partial charge in [0, 0.05) is 11.1 Å². The van der Waals surface area contributed by atoms with Crippen LogP contribution in [0.1, 0.15) is 40.5 Å². The van der Waals surface area contributed by atoms with Gasteiger partial charge in [-0.25, -0.2) is 16.8 Å². The van der Waals surface area contributed by atoms with E-state index in [0.29, 0.717) is 0 Å². The Morgan fingerprint density at radius 2 is 0.906 bits per heavy atom. The van der Waals surface area contributed by atoms with Gasteiger partial charge in [0.2, 0.25) is 0 Å². The molecule has 0 aromatic carbocycles. The van der Waals surface area contributed by atoms with Crippen LogP contribution in [0, 0.1) is 0 Å². The first-order valence-corrected chi connectivity index (χ1v) is 14.5. The highest BCUT2D eigenvalue weighted by Gasteiger charge is 2.36. The Hall–Kier alpha value is 0.820. The van der Waals surface area contributed by atoms with Crippen molar-refractivity contribution >= 4 is 66.8 Å². The first-order valence-electron chi connectivity index (χ1n) is 9.50. The molecule has 4 atom stereocenters. The van der Waals surface area contributed by atoms with Gasteiger partial charge in [-0.3, -0.25) is 0 Å². The van der Waals surface area contributed by atoms with Crippen molar-refractivity contribution in [2.45, 2.75) is 76.0 Å². The average molecular weight is 586 g/mol. The van der Waals surface area contributed by atoms with Crippen molar-refractivity contribution < 1.29 is 37.3 Å². The third-order valence-corrected chi connectivity index (χ3v) is 10.1. The van der Waals surface area contributed by atoms with Crippen molar-refractivity contribution in [2.75, 3.05) is 23.0 Å². The van der Waals surface area contributed by atoms with Gasteiger partial charge in [0.15, 0.2) is 19.7 Å². The summed E-state index contributed by atoms with van der Waals surface area (Å²) in [6.45, 7) is 6.36. The third-order valence-electron chi connectivity index (χ3n) is 4.95. The van der Waals surface area contributed by atoms with Crippen LogP contribution in [0.3, 0.4) is 0 Å². The monoisotopic (exact) mass is 584 g/mol. The van der Waals surface area contributed by atoms with Crippen LogP contribution < -0.4 is 0 Å². The molecule has 0 heterocycles. The molecule has 0 rings (SSSR count). The van der Waals surface area contributed by atoms with Crippen molar-refractivity contribution in [1.82, 2.24) is 7.88 Å². The summed E-state index contributed by atoms with van der Waals surface area (Å²) in [4.78, 5) is 0. The lowest BCUT2D eigenvalue weighted by molar-refractivity contribution is -0.0928. The van der Waals surface area contributed by atoms with Crippen molar-refractivity contribution in [2.24, 2.45) is 0 Å². The molecular weight excluding hydrogens is 554 g/mol. The summed E-state index contributed by atoms with van der Waals surface area (Å²) in [5.41, 5.74) is -1.77. The molecule has 4 unspecified atom stereocenters. The third kappa shape index (κ3) is 11.5. The Morgan fingerprint density at radius 3 is 1.12 bits per heavy atom. The van der Waals surface area contributed by atoms with Gasteiger partial charge in [0.1, 0.15) is 12.2 Å². The zero-order valence-electron chi connectivity index (χ0n) is 18.2. The van der Waals surface area contributed by atoms with Gasteiger partial charge in [0.25, 0.3) is 0 Å². The SMILES string of the molecule is CC(C)(CCS(=O)(=O)CC(O)C(O)C(O)C(O)CS(=O)(=O)CCC(C)(C)N(Cl)Cl)N(Cl)Cl. The van der Waals surface area contributed by atoms with E-state index in [4.69, 9.17) is 47.1 Å². The maximum Gasteiger partial charge on any atom is 0.153 e. The molecule has 194 valence electrons. The molecule has 0 aliphatic rings. The molecule has 0 aromatic rings. The van der Waals surface area contributed by atoms with Gasteiger partial charge in [-0.05, 0) is 87.6 Å². The van der Waals surface area contributed by atoms with Crippen LogP contribution in [-0.2, 0) is 19.7 Å². The predicted molar refractivity (Wildman–Crippen MR) is 126 cm³/mol. The molecular formula is C16H32Cl4N2O8S2. The van der Waals surface area contributed by atoms with E-state index < -0.39 is 78.2 Å². The Kier molecular flexibility index (Phi) is 13.0. The summed E-state index contributed by atoms with van der Waals surface area (Å²) >= 11 is 22.5. The zero-order chi connectivity index (χ0) is 25.7. The normalized spacial score (nSPS) is 18.1. The zero-order valence-corrected chi connectivity index (χ0v) is 22.9. The maximum atomic E-state index is 12.2. The second kappa shape index (κ2) is 12.7. The number of nitrogens with zero attached hydrogens (tertiary/aromatic N) is 2. The summed E-state index contributed by atoms with van der Waals surface area (Å²) in [5, 5.41) is 40.2. The number of hydrogen-bond donors (Lipinski definition) is 4. The van der Waals surface area contributed by atoms with Gasteiger partial charge in [-0.1, -0.05) is 0 Å². The van der Waals surface area contributed by atoms with E-state index in [9.17, 15) is 37.3 Å². The minimum atomic E-state index is -3.91. The smallest absolute Gasteiger partial charge is 0.153 e. The Morgan fingerprint density at radius 1 is 0.656 bits per heavy atom. The van der Waals surface area contributed by atoms with Gasteiger partial charge in [-0.2, -0.15) is 0 Å². The highest BCUT2D eigenvalue weighted by atomic mass is 35.5. The standard InChI is InChI=1S/C16H32Cl4N2O8S2/c1-15(2,21(17)18)5-7-31(27,28)9-11(23)13(25)14(26)12(24)10-32(29,30)8-6-16(3,4)22(19)20/h11-14,23-26H,5-10H2,1-4H3. The summed E-state index contributed by atoms with van der Waals surface area (Å²) in [6, 6.07) is 0. The number of rotatable bonds is 15. The van der Waals surface area contributed by atoms with Crippen molar-refractivity contribution in [3.05, 3.63) is 0 Å². The molecule has 0 aromatic heterocycles. The second-order valence-electron chi connectivity index (χ2n) is 8.94. The minimum absolute atomic E-state index is 0.00690. The van der Waals surface area contributed by atoms with E-state index in [1.165, 1.54) is 0 Å².